The molecule has 28 heavy (non-hydrogen) atoms. The first-order valence-electron chi connectivity index (χ1n) is 9.43. The maximum absolute atomic E-state index is 12.7. The van der Waals surface area contributed by atoms with Crippen LogP contribution in [0.5, 0.6) is 0 Å². The number of hydrogen-bond donors (Lipinski definition) is 1. The van der Waals surface area contributed by atoms with Crippen molar-refractivity contribution in [1.29, 1.82) is 0 Å². The summed E-state index contributed by atoms with van der Waals surface area (Å²) in [5, 5.41) is 4.09. The first-order chi connectivity index (χ1) is 13.5. The van der Waals surface area contributed by atoms with E-state index >= 15 is 0 Å². The minimum atomic E-state index is -0.0780. The van der Waals surface area contributed by atoms with E-state index < -0.39 is 0 Å². The van der Waals surface area contributed by atoms with E-state index in [0.717, 1.165) is 45.3 Å². The predicted octanol–water partition coefficient (Wildman–Crippen LogP) is 4.47. The SMILES string of the molecule is Cc1c(Br)c2ccccc2n1CC(=O)Nc1cccc(CN2CCCC2=O)c1. The number of para-hydroxylation sites is 1. The monoisotopic (exact) mass is 439 g/mol. The zero-order valence-corrected chi connectivity index (χ0v) is 17.3. The molecule has 0 saturated carbocycles. The Morgan fingerprint density at radius 3 is 2.79 bits per heavy atom. The lowest BCUT2D eigenvalue weighted by Crippen LogP contribution is -2.24. The van der Waals surface area contributed by atoms with E-state index in [2.05, 4.69) is 21.2 Å². The van der Waals surface area contributed by atoms with Crippen molar-refractivity contribution < 1.29 is 9.59 Å². The largest absolute Gasteiger partial charge is 0.338 e. The summed E-state index contributed by atoms with van der Waals surface area (Å²) in [5.41, 5.74) is 3.83. The molecule has 3 aromatic rings. The molecule has 1 fully saturated rings. The number of anilines is 1. The fourth-order valence-corrected chi connectivity index (χ4v) is 4.32. The molecule has 2 amide bonds. The van der Waals surface area contributed by atoms with E-state index in [1.165, 1.54) is 0 Å². The number of likely N-dealkylation sites (tertiary alicyclic amines) is 1. The molecule has 0 atom stereocenters. The minimum Gasteiger partial charge on any atom is -0.338 e. The number of benzene rings is 2. The molecule has 0 aliphatic carbocycles. The number of aromatic nitrogens is 1. The highest BCUT2D eigenvalue weighted by molar-refractivity contribution is 9.10. The van der Waals surface area contributed by atoms with Gasteiger partial charge in [-0.15, -0.1) is 0 Å². The fourth-order valence-electron chi connectivity index (χ4n) is 3.78. The van der Waals surface area contributed by atoms with Gasteiger partial charge in [-0.3, -0.25) is 9.59 Å². The number of rotatable bonds is 5. The van der Waals surface area contributed by atoms with Crippen LogP contribution < -0.4 is 5.32 Å². The average molecular weight is 440 g/mol. The lowest BCUT2D eigenvalue weighted by molar-refractivity contribution is -0.128. The summed E-state index contributed by atoms with van der Waals surface area (Å²) >= 11 is 3.63. The van der Waals surface area contributed by atoms with Gasteiger partial charge in [-0.25, -0.2) is 0 Å². The van der Waals surface area contributed by atoms with Gasteiger partial charge in [-0.1, -0.05) is 30.3 Å². The third-order valence-electron chi connectivity index (χ3n) is 5.21. The summed E-state index contributed by atoms with van der Waals surface area (Å²) < 4.78 is 3.04. The zero-order chi connectivity index (χ0) is 19.7. The van der Waals surface area contributed by atoms with Crippen LogP contribution in [0.3, 0.4) is 0 Å². The van der Waals surface area contributed by atoms with Crippen LogP contribution in [0.2, 0.25) is 0 Å². The summed E-state index contributed by atoms with van der Waals surface area (Å²) in [7, 11) is 0. The van der Waals surface area contributed by atoms with E-state index in [0.29, 0.717) is 13.0 Å². The molecule has 2 heterocycles. The van der Waals surface area contributed by atoms with Gasteiger partial charge in [-0.2, -0.15) is 0 Å². The smallest absolute Gasteiger partial charge is 0.244 e. The molecule has 2 aromatic carbocycles. The molecule has 1 N–H and O–H groups in total. The Morgan fingerprint density at radius 1 is 1.18 bits per heavy atom. The Morgan fingerprint density at radius 2 is 2.00 bits per heavy atom. The van der Waals surface area contributed by atoms with E-state index in [-0.39, 0.29) is 18.4 Å². The molecule has 1 aromatic heterocycles. The Balaban J connectivity index is 1.48. The van der Waals surface area contributed by atoms with Gasteiger partial charge in [-0.05, 0) is 53.0 Å². The number of carbonyl (C=O) groups is 2. The Bertz CT molecular complexity index is 1060. The quantitative estimate of drug-likeness (QED) is 0.637. The normalized spacial score (nSPS) is 14.1. The molecule has 5 nitrogen and oxygen atoms in total. The Kier molecular flexibility index (Phi) is 5.22. The van der Waals surface area contributed by atoms with E-state index in [4.69, 9.17) is 0 Å². The fraction of sp³-hybridized carbons (Fsp3) is 0.273. The van der Waals surface area contributed by atoms with Crippen LogP contribution in [0.25, 0.3) is 10.9 Å². The Labute approximate surface area is 172 Å². The van der Waals surface area contributed by atoms with Crippen LogP contribution in [0.4, 0.5) is 5.69 Å². The second-order valence-electron chi connectivity index (χ2n) is 7.17. The van der Waals surface area contributed by atoms with Crippen molar-refractivity contribution in [2.75, 3.05) is 11.9 Å². The van der Waals surface area contributed by atoms with Crippen molar-refractivity contribution >= 4 is 44.3 Å². The number of fused-ring (bicyclic) bond motifs is 1. The van der Waals surface area contributed by atoms with Gasteiger partial charge < -0.3 is 14.8 Å². The van der Waals surface area contributed by atoms with Gasteiger partial charge in [0.05, 0.1) is 0 Å². The molecule has 6 heteroatoms. The molecule has 0 radical (unpaired) electrons. The topological polar surface area (TPSA) is 54.3 Å². The maximum Gasteiger partial charge on any atom is 0.244 e. The number of halogens is 1. The number of nitrogens with one attached hydrogen (secondary N) is 1. The Hall–Kier alpha value is -2.60. The molecule has 144 valence electrons. The second-order valence-corrected chi connectivity index (χ2v) is 7.96. The molecule has 1 saturated heterocycles. The summed E-state index contributed by atoms with van der Waals surface area (Å²) in [6.07, 6.45) is 1.56. The third-order valence-corrected chi connectivity index (χ3v) is 6.21. The van der Waals surface area contributed by atoms with Gasteiger partial charge >= 0.3 is 0 Å². The maximum atomic E-state index is 12.7. The van der Waals surface area contributed by atoms with Crippen molar-refractivity contribution in [2.24, 2.45) is 0 Å². The second kappa shape index (κ2) is 7.80. The lowest BCUT2D eigenvalue weighted by atomic mass is 10.2. The summed E-state index contributed by atoms with van der Waals surface area (Å²) in [6.45, 7) is 3.65. The third kappa shape index (κ3) is 3.69. The zero-order valence-electron chi connectivity index (χ0n) is 15.7. The average Bonchev–Trinajstić information content (AvgIpc) is 3.19. The molecule has 4 rings (SSSR count). The first-order valence-corrected chi connectivity index (χ1v) is 10.2. The highest BCUT2D eigenvalue weighted by atomic mass is 79.9. The van der Waals surface area contributed by atoms with Gasteiger partial charge in [0.1, 0.15) is 6.54 Å². The van der Waals surface area contributed by atoms with Crippen molar-refractivity contribution in [2.45, 2.75) is 32.9 Å². The molecule has 0 unspecified atom stereocenters. The predicted molar refractivity (Wildman–Crippen MR) is 114 cm³/mol. The number of nitrogens with zero attached hydrogens (tertiary/aromatic N) is 2. The van der Waals surface area contributed by atoms with Gasteiger partial charge in [0.25, 0.3) is 0 Å². The number of hydrogen-bond acceptors (Lipinski definition) is 2. The minimum absolute atomic E-state index is 0.0780. The molecule has 1 aliphatic rings. The summed E-state index contributed by atoms with van der Waals surface area (Å²) in [6, 6.07) is 15.8. The van der Waals surface area contributed by atoms with Crippen molar-refractivity contribution in [3.05, 3.63) is 64.3 Å². The molecule has 0 spiro atoms. The molecular weight excluding hydrogens is 418 g/mol. The van der Waals surface area contributed by atoms with Crippen LogP contribution in [0, 0.1) is 6.92 Å². The van der Waals surface area contributed by atoms with E-state index in [9.17, 15) is 9.59 Å². The molecular formula is C22H22BrN3O2. The molecule has 0 bridgehead atoms. The van der Waals surface area contributed by atoms with Crippen LogP contribution in [0.1, 0.15) is 24.1 Å². The summed E-state index contributed by atoms with van der Waals surface area (Å²) in [5.74, 6) is 0.126. The van der Waals surface area contributed by atoms with E-state index in [1.807, 2.05) is 64.9 Å². The standard InChI is InChI=1S/C22H22BrN3O2/c1-15-22(23)18-8-2-3-9-19(18)26(15)14-20(27)24-17-7-4-6-16(12-17)13-25-11-5-10-21(25)28/h2-4,6-9,12H,5,10-11,13-14H2,1H3,(H,24,27). The lowest BCUT2D eigenvalue weighted by Gasteiger charge is -2.16. The highest BCUT2D eigenvalue weighted by Crippen LogP contribution is 2.30. The van der Waals surface area contributed by atoms with Gasteiger partial charge in [0.15, 0.2) is 0 Å². The molecule has 1 aliphatic heterocycles. The van der Waals surface area contributed by atoms with Crippen LogP contribution in [-0.2, 0) is 22.7 Å². The number of amides is 2. The number of carbonyl (C=O) groups excluding carboxylic acids is 2. The van der Waals surface area contributed by atoms with Crippen molar-refractivity contribution in [3.8, 4) is 0 Å². The van der Waals surface area contributed by atoms with Crippen molar-refractivity contribution in [3.63, 3.8) is 0 Å². The van der Waals surface area contributed by atoms with Gasteiger partial charge in [0.2, 0.25) is 11.8 Å². The summed E-state index contributed by atoms with van der Waals surface area (Å²) in [4.78, 5) is 26.4. The van der Waals surface area contributed by atoms with Crippen molar-refractivity contribution in [1.82, 2.24) is 9.47 Å². The van der Waals surface area contributed by atoms with Crippen LogP contribution in [0.15, 0.2) is 53.0 Å². The van der Waals surface area contributed by atoms with Crippen LogP contribution in [-0.4, -0.2) is 27.8 Å². The highest BCUT2D eigenvalue weighted by Gasteiger charge is 2.20. The first kappa shape index (κ1) is 18.7. The van der Waals surface area contributed by atoms with Gasteiger partial charge in [0, 0.05) is 46.3 Å². The van der Waals surface area contributed by atoms with E-state index in [1.54, 1.807) is 0 Å². The van der Waals surface area contributed by atoms with Crippen LogP contribution >= 0.6 is 15.9 Å².